The van der Waals surface area contributed by atoms with Gasteiger partial charge < -0.3 is 14.8 Å². The summed E-state index contributed by atoms with van der Waals surface area (Å²) < 4.78 is 2.13. The van der Waals surface area contributed by atoms with Crippen LogP contribution < -0.4 is 10.2 Å². The number of nitriles is 1. The predicted molar refractivity (Wildman–Crippen MR) is 148 cm³/mol. The van der Waals surface area contributed by atoms with Gasteiger partial charge in [0.15, 0.2) is 0 Å². The molecule has 0 spiro atoms. The number of para-hydroxylation sites is 2. The van der Waals surface area contributed by atoms with Crippen molar-refractivity contribution < 1.29 is 9.59 Å². The fourth-order valence-electron chi connectivity index (χ4n) is 4.88. The van der Waals surface area contributed by atoms with Gasteiger partial charge in [-0.05, 0) is 60.5 Å². The molecule has 2 heterocycles. The van der Waals surface area contributed by atoms with Gasteiger partial charge in [-0.3, -0.25) is 9.69 Å². The maximum Gasteiger partial charge on any atom is 0.322 e. The third-order valence-corrected chi connectivity index (χ3v) is 6.76. The van der Waals surface area contributed by atoms with Gasteiger partial charge in [0.2, 0.25) is 5.91 Å². The first kappa shape index (κ1) is 24.8. The van der Waals surface area contributed by atoms with Crippen LogP contribution in [0.2, 0.25) is 0 Å². The molecule has 7 nitrogen and oxygen atoms in total. The number of hydrogen-bond acceptors (Lipinski definition) is 3. The molecular weight excluding hydrogens is 474 g/mol. The summed E-state index contributed by atoms with van der Waals surface area (Å²) in [5.41, 5.74) is 4.81. The lowest BCUT2D eigenvalue weighted by Gasteiger charge is -2.39. The van der Waals surface area contributed by atoms with E-state index in [1.807, 2.05) is 77.8 Å². The summed E-state index contributed by atoms with van der Waals surface area (Å²) in [4.78, 5) is 30.9. The normalized spacial score (nSPS) is 13.7. The summed E-state index contributed by atoms with van der Waals surface area (Å²) in [6, 6.07) is 30.0. The molecule has 0 bridgehead atoms. The molecule has 1 aromatic heterocycles. The topological polar surface area (TPSA) is 81.4 Å². The van der Waals surface area contributed by atoms with Gasteiger partial charge in [-0.2, -0.15) is 5.26 Å². The minimum absolute atomic E-state index is 0.0690. The minimum Gasteiger partial charge on any atom is -0.316 e. The third-order valence-electron chi connectivity index (χ3n) is 6.76. The zero-order valence-corrected chi connectivity index (χ0v) is 21.2. The van der Waals surface area contributed by atoms with Gasteiger partial charge in [-0.1, -0.05) is 55.8 Å². The maximum absolute atomic E-state index is 14.1. The summed E-state index contributed by atoms with van der Waals surface area (Å²) in [7, 11) is 0. The van der Waals surface area contributed by atoms with Gasteiger partial charge in [-0.25, -0.2) is 4.79 Å². The molecule has 190 valence electrons. The SMILES string of the molecule is CCCCN(CC(=O)N1c2ccccc2-n2cccc2C1c1ccccc1)C(=O)Nc1ccc(C#N)cc1. The number of unbranched alkanes of at least 4 members (excludes halogenated alkanes) is 1. The van der Waals surface area contributed by atoms with Crippen molar-refractivity contribution in [2.75, 3.05) is 23.3 Å². The van der Waals surface area contributed by atoms with Crippen LogP contribution in [-0.2, 0) is 4.79 Å². The molecule has 1 unspecified atom stereocenters. The van der Waals surface area contributed by atoms with Gasteiger partial charge in [0, 0.05) is 18.4 Å². The van der Waals surface area contributed by atoms with Crippen molar-refractivity contribution in [2.45, 2.75) is 25.8 Å². The van der Waals surface area contributed by atoms with Crippen LogP contribution in [0.3, 0.4) is 0 Å². The van der Waals surface area contributed by atoms with Crippen LogP contribution in [0.1, 0.15) is 42.6 Å². The number of benzene rings is 3. The summed E-state index contributed by atoms with van der Waals surface area (Å²) in [6.45, 7) is 2.44. The number of urea groups is 1. The van der Waals surface area contributed by atoms with Crippen LogP contribution in [0.15, 0.2) is 97.2 Å². The van der Waals surface area contributed by atoms with Crippen molar-refractivity contribution in [3.63, 3.8) is 0 Å². The lowest BCUT2D eigenvalue weighted by molar-refractivity contribution is -0.119. The van der Waals surface area contributed by atoms with Crippen LogP contribution >= 0.6 is 0 Å². The van der Waals surface area contributed by atoms with E-state index in [-0.39, 0.29) is 24.5 Å². The summed E-state index contributed by atoms with van der Waals surface area (Å²) in [6.07, 6.45) is 3.68. The first-order valence-corrected chi connectivity index (χ1v) is 12.8. The van der Waals surface area contributed by atoms with E-state index in [1.54, 1.807) is 29.2 Å². The Kier molecular flexibility index (Phi) is 7.23. The highest BCUT2D eigenvalue weighted by atomic mass is 16.2. The van der Waals surface area contributed by atoms with E-state index < -0.39 is 0 Å². The number of amides is 3. The highest BCUT2D eigenvalue weighted by Crippen LogP contribution is 2.42. The van der Waals surface area contributed by atoms with Crippen molar-refractivity contribution in [1.82, 2.24) is 9.47 Å². The Morgan fingerprint density at radius 1 is 0.921 bits per heavy atom. The second kappa shape index (κ2) is 11.1. The largest absolute Gasteiger partial charge is 0.322 e. The average molecular weight is 504 g/mol. The lowest BCUT2D eigenvalue weighted by atomic mass is 9.97. The molecule has 1 atom stereocenters. The van der Waals surface area contributed by atoms with Crippen LogP contribution in [0.4, 0.5) is 16.2 Å². The second-order valence-electron chi connectivity index (χ2n) is 9.26. The number of hydrogen-bond donors (Lipinski definition) is 1. The van der Waals surface area contributed by atoms with Gasteiger partial charge in [0.25, 0.3) is 0 Å². The molecule has 0 radical (unpaired) electrons. The zero-order valence-electron chi connectivity index (χ0n) is 21.2. The molecule has 38 heavy (non-hydrogen) atoms. The highest BCUT2D eigenvalue weighted by Gasteiger charge is 2.36. The Morgan fingerprint density at radius 3 is 2.34 bits per heavy atom. The number of anilines is 2. The van der Waals surface area contributed by atoms with Crippen LogP contribution in [0, 0.1) is 11.3 Å². The molecule has 0 saturated heterocycles. The Labute approximate surface area is 222 Å². The van der Waals surface area contributed by atoms with Crippen LogP contribution in [0.25, 0.3) is 5.69 Å². The Balaban J connectivity index is 1.47. The first-order chi connectivity index (χ1) is 18.6. The quantitative estimate of drug-likeness (QED) is 0.330. The van der Waals surface area contributed by atoms with E-state index in [2.05, 4.69) is 22.9 Å². The second-order valence-corrected chi connectivity index (χ2v) is 9.26. The number of carbonyl (C=O) groups excluding carboxylic acids is 2. The van der Waals surface area contributed by atoms with E-state index >= 15 is 0 Å². The number of nitrogens with zero attached hydrogens (tertiary/aromatic N) is 4. The van der Waals surface area contributed by atoms with Crippen molar-refractivity contribution in [3.8, 4) is 11.8 Å². The standard InChI is InChI=1S/C31H29N5O2/c1-2-3-19-34(31(38)33-25-17-15-23(21-32)16-18-25)22-29(37)36-27-13-8-7-12-26(27)35-20-9-14-28(35)30(36)24-10-5-4-6-11-24/h4-18,20,30H,2-3,19,22H2,1H3,(H,33,38). The van der Waals surface area contributed by atoms with E-state index in [9.17, 15) is 9.59 Å². The number of rotatable bonds is 7. The first-order valence-electron chi connectivity index (χ1n) is 12.8. The minimum atomic E-state index is -0.346. The van der Waals surface area contributed by atoms with Crippen molar-refractivity contribution in [1.29, 1.82) is 5.26 Å². The van der Waals surface area contributed by atoms with Crippen LogP contribution in [-0.4, -0.2) is 34.5 Å². The molecule has 1 aliphatic rings. The third kappa shape index (κ3) is 4.89. The van der Waals surface area contributed by atoms with Gasteiger partial charge in [0.1, 0.15) is 12.6 Å². The summed E-state index contributed by atoms with van der Waals surface area (Å²) in [5, 5.41) is 11.9. The molecule has 5 rings (SSSR count). The predicted octanol–water partition coefficient (Wildman–Crippen LogP) is 6.12. The highest BCUT2D eigenvalue weighted by molar-refractivity contribution is 6.01. The van der Waals surface area contributed by atoms with Crippen molar-refractivity contribution >= 4 is 23.3 Å². The Bertz CT molecular complexity index is 1470. The van der Waals surface area contributed by atoms with E-state index in [1.165, 1.54) is 0 Å². The molecule has 4 aromatic rings. The lowest BCUT2D eigenvalue weighted by Crippen LogP contribution is -2.48. The molecule has 1 aliphatic heterocycles. The summed E-state index contributed by atoms with van der Waals surface area (Å²) in [5.74, 6) is -0.162. The molecule has 0 saturated carbocycles. The summed E-state index contributed by atoms with van der Waals surface area (Å²) >= 11 is 0. The fraction of sp³-hybridized carbons (Fsp3) is 0.194. The molecule has 0 fully saturated rings. The van der Waals surface area contributed by atoms with E-state index in [4.69, 9.17) is 5.26 Å². The average Bonchev–Trinajstić information content (AvgIpc) is 3.45. The number of aromatic nitrogens is 1. The fourth-order valence-corrected chi connectivity index (χ4v) is 4.88. The van der Waals surface area contributed by atoms with Crippen LogP contribution in [0.5, 0.6) is 0 Å². The van der Waals surface area contributed by atoms with Gasteiger partial charge in [-0.15, -0.1) is 0 Å². The monoisotopic (exact) mass is 503 g/mol. The van der Waals surface area contributed by atoms with E-state index in [0.29, 0.717) is 17.8 Å². The maximum atomic E-state index is 14.1. The zero-order chi connectivity index (χ0) is 26.5. The van der Waals surface area contributed by atoms with Crippen molar-refractivity contribution in [3.05, 3.63) is 114 Å². The molecule has 1 N–H and O–H groups in total. The van der Waals surface area contributed by atoms with Crippen molar-refractivity contribution in [2.24, 2.45) is 0 Å². The smallest absolute Gasteiger partial charge is 0.316 e. The molecular formula is C31H29N5O2. The number of carbonyl (C=O) groups is 2. The van der Waals surface area contributed by atoms with Gasteiger partial charge >= 0.3 is 6.03 Å². The molecule has 0 aliphatic carbocycles. The Hall–Kier alpha value is -4.83. The molecule has 3 amide bonds. The number of nitrogens with one attached hydrogen (secondary N) is 1. The Morgan fingerprint density at radius 2 is 1.63 bits per heavy atom. The van der Waals surface area contributed by atoms with Gasteiger partial charge in [0.05, 0.1) is 28.7 Å². The number of fused-ring (bicyclic) bond motifs is 3. The van der Waals surface area contributed by atoms with E-state index in [0.717, 1.165) is 35.5 Å². The molecule has 7 heteroatoms. The molecule has 3 aromatic carbocycles.